The third-order valence-electron chi connectivity index (χ3n) is 6.74. The van der Waals surface area contributed by atoms with Crippen LogP contribution in [0.3, 0.4) is 0 Å². The number of nitrogens with zero attached hydrogens (tertiary/aromatic N) is 1. The number of phenolic OH excluding ortho intramolecular Hbond substituents is 1. The molecule has 1 unspecified atom stereocenters. The number of rotatable bonds is 6. The third-order valence-corrected chi connectivity index (χ3v) is 6.74. The lowest BCUT2D eigenvalue weighted by atomic mass is 9.76. The highest BCUT2D eigenvalue weighted by Crippen LogP contribution is 2.47. The van der Waals surface area contributed by atoms with Crippen molar-refractivity contribution in [2.45, 2.75) is 31.1 Å². The van der Waals surface area contributed by atoms with Crippen molar-refractivity contribution in [1.82, 2.24) is 4.90 Å². The van der Waals surface area contributed by atoms with Crippen LogP contribution in [-0.2, 0) is 0 Å². The van der Waals surface area contributed by atoms with Gasteiger partial charge in [0.15, 0.2) is 0 Å². The Labute approximate surface area is 190 Å². The van der Waals surface area contributed by atoms with E-state index in [0.29, 0.717) is 6.61 Å². The van der Waals surface area contributed by atoms with Crippen LogP contribution >= 0.6 is 0 Å². The summed E-state index contributed by atoms with van der Waals surface area (Å²) in [5, 5.41) is 10.2. The summed E-state index contributed by atoms with van der Waals surface area (Å²) in [7, 11) is 0. The van der Waals surface area contributed by atoms with E-state index in [1.54, 1.807) is 6.07 Å². The first-order chi connectivity index (χ1) is 15.8. The molecule has 0 aliphatic carbocycles. The van der Waals surface area contributed by atoms with Crippen LogP contribution in [0.4, 0.5) is 0 Å². The Morgan fingerprint density at radius 1 is 0.875 bits per heavy atom. The number of ether oxygens (including phenoxy) is 2. The van der Waals surface area contributed by atoms with Gasteiger partial charge in [0.05, 0.1) is 6.61 Å². The number of fused-ring (bicyclic) bond motifs is 1. The molecule has 4 nitrogen and oxygen atoms in total. The summed E-state index contributed by atoms with van der Waals surface area (Å²) < 4.78 is 12.1. The van der Waals surface area contributed by atoms with Crippen LogP contribution in [-0.4, -0.2) is 42.9 Å². The molecule has 0 amide bonds. The van der Waals surface area contributed by atoms with Gasteiger partial charge in [-0.25, -0.2) is 0 Å². The zero-order chi connectivity index (χ0) is 21.8. The van der Waals surface area contributed by atoms with Gasteiger partial charge in [0.2, 0.25) is 0 Å². The Kier molecular flexibility index (Phi) is 6.31. The van der Waals surface area contributed by atoms with Crippen molar-refractivity contribution in [3.63, 3.8) is 0 Å². The molecule has 0 radical (unpaired) electrons. The van der Waals surface area contributed by atoms with Gasteiger partial charge in [-0.1, -0.05) is 48.9 Å². The molecule has 2 atom stereocenters. The molecule has 2 aliphatic heterocycles. The van der Waals surface area contributed by atoms with Crippen molar-refractivity contribution < 1.29 is 14.6 Å². The molecule has 2 aliphatic rings. The number of hydrogen-bond donors (Lipinski definition) is 1. The van der Waals surface area contributed by atoms with E-state index < -0.39 is 0 Å². The fourth-order valence-electron chi connectivity index (χ4n) is 5.05. The molecule has 0 aromatic heterocycles. The summed E-state index contributed by atoms with van der Waals surface area (Å²) in [6.07, 6.45) is 3.97. The smallest absolute Gasteiger partial charge is 0.123 e. The molecule has 4 heteroatoms. The Balaban J connectivity index is 1.36. The van der Waals surface area contributed by atoms with Gasteiger partial charge in [0, 0.05) is 23.9 Å². The van der Waals surface area contributed by atoms with Gasteiger partial charge < -0.3 is 14.6 Å². The highest BCUT2D eigenvalue weighted by atomic mass is 16.5. The molecule has 2 heterocycles. The standard InChI is InChI=1S/C28H31NO3/c30-23-11-14-27-25(19-23)28(26(20-32-27)21-7-3-1-4-8-21)22-9-12-24(13-10-22)31-18-17-29-15-5-2-6-16-29/h1,3-4,7-14,19,26,28,30H,2,5-6,15-18,20H2/t26-,28?/m1/s1. The van der Waals surface area contributed by atoms with Crippen LogP contribution in [0.2, 0.25) is 0 Å². The van der Waals surface area contributed by atoms with Crippen molar-refractivity contribution in [2.24, 2.45) is 0 Å². The normalized spacial score (nSPS) is 20.9. The molecule has 0 bridgehead atoms. The largest absolute Gasteiger partial charge is 0.508 e. The fraction of sp³-hybridized carbons (Fsp3) is 0.357. The van der Waals surface area contributed by atoms with Crippen molar-refractivity contribution in [1.29, 1.82) is 0 Å². The van der Waals surface area contributed by atoms with Gasteiger partial charge in [-0.2, -0.15) is 0 Å². The summed E-state index contributed by atoms with van der Waals surface area (Å²) in [5.74, 6) is 2.31. The topological polar surface area (TPSA) is 41.9 Å². The third kappa shape index (κ3) is 4.61. The minimum atomic E-state index is 0.107. The van der Waals surface area contributed by atoms with E-state index in [1.165, 1.54) is 43.5 Å². The Morgan fingerprint density at radius 2 is 1.66 bits per heavy atom. The summed E-state index contributed by atoms with van der Waals surface area (Å²) in [5.41, 5.74) is 3.48. The molecule has 5 rings (SSSR count). The maximum Gasteiger partial charge on any atom is 0.123 e. The first-order valence-corrected chi connectivity index (χ1v) is 11.7. The van der Waals surface area contributed by atoms with Crippen molar-refractivity contribution in [3.05, 3.63) is 89.5 Å². The van der Waals surface area contributed by atoms with Crippen LogP contribution in [0.5, 0.6) is 17.2 Å². The number of piperidine rings is 1. The van der Waals surface area contributed by atoms with Gasteiger partial charge in [-0.05, 0) is 67.4 Å². The summed E-state index contributed by atoms with van der Waals surface area (Å²) in [4.78, 5) is 2.49. The molecule has 3 aromatic carbocycles. The molecule has 1 N–H and O–H groups in total. The minimum Gasteiger partial charge on any atom is -0.508 e. The lowest BCUT2D eigenvalue weighted by molar-refractivity contribution is 0.183. The summed E-state index contributed by atoms with van der Waals surface area (Å²) in [6, 6.07) is 24.4. The van der Waals surface area contributed by atoms with Gasteiger partial charge >= 0.3 is 0 Å². The molecule has 166 valence electrons. The SMILES string of the molecule is Oc1ccc2c(c1)C(c1ccc(OCCN3CCCCC3)cc1)[C@@H](c1ccccc1)CO2. The lowest BCUT2D eigenvalue weighted by Crippen LogP contribution is -2.33. The van der Waals surface area contributed by atoms with Crippen molar-refractivity contribution in [3.8, 4) is 17.2 Å². The van der Waals surface area contributed by atoms with Crippen LogP contribution in [0.25, 0.3) is 0 Å². The average molecular weight is 430 g/mol. The molecular weight excluding hydrogens is 398 g/mol. The Hall–Kier alpha value is -2.98. The lowest BCUT2D eigenvalue weighted by Gasteiger charge is -2.34. The minimum absolute atomic E-state index is 0.107. The number of phenols is 1. The molecule has 1 saturated heterocycles. The van der Waals surface area contributed by atoms with E-state index in [1.807, 2.05) is 18.2 Å². The highest BCUT2D eigenvalue weighted by Gasteiger charge is 2.33. The van der Waals surface area contributed by atoms with Crippen molar-refractivity contribution in [2.75, 3.05) is 32.8 Å². The highest BCUT2D eigenvalue weighted by molar-refractivity contribution is 5.51. The quantitative estimate of drug-likeness (QED) is 0.557. The molecule has 32 heavy (non-hydrogen) atoms. The number of benzene rings is 3. The molecular formula is C28H31NO3. The zero-order valence-corrected chi connectivity index (χ0v) is 18.5. The predicted octanol–water partition coefficient (Wildman–Crippen LogP) is 5.57. The van der Waals surface area contributed by atoms with E-state index in [9.17, 15) is 5.11 Å². The van der Waals surface area contributed by atoms with Crippen LogP contribution in [0, 0.1) is 0 Å². The first-order valence-electron chi connectivity index (χ1n) is 11.7. The fourth-order valence-corrected chi connectivity index (χ4v) is 5.05. The second-order valence-corrected chi connectivity index (χ2v) is 8.85. The van der Waals surface area contributed by atoms with Crippen LogP contribution in [0.1, 0.15) is 47.8 Å². The maximum atomic E-state index is 10.2. The summed E-state index contributed by atoms with van der Waals surface area (Å²) >= 11 is 0. The van der Waals surface area contributed by atoms with E-state index in [2.05, 4.69) is 53.4 Å². The number of likely N-dealkylation sites (tertiary alicyclic amines) is 1. The van der Waals surface area contributed by atoms with Gasteiger partial charge in [-0.3, -0.25) is 4.90 Å². The second-order valence-electron chi connectivity index (χ2n) is 8.85. The first kappa shape index (κ1) is 20.9. The summed E-state index contributed by atoms with van der Waals surface area (Å²) in [6.45, 7) is 4.71. The molecule has 3 aromatic rings. The van der Waals surface area contributed by atoms with Crippen LogP contribution in [0.15, 0.2) is 72.8 Å². The van der Waals surface area contributed by atoms with Crippen LogP contribution < -0.4 is 9.47 Å². The van der Waals surface area contributed by atoms with Gasteiger partial charge in [-0.15, -0.1) is 0 Å². The van der Waals surface area contributed by atoms with E-state index in [4.69, 9.17) is 9.47 Å². The molecule has 0 saturated carbocycles. The maximum absolute atomic E-state index is 10.2. The number of aromatic hydroxyl groups is 1. The Bertz CT molecular complexity index is 1010. The number of hydrogen-bond acceptors (Lipinski definition) is 4. The predicted molar refractivity (Wildman–Crippen MR) is 127 cm³/mol. The van der Waals surface area contributed by atoms with Crippen molar-refractivity contribution >= 4 is 0 Å². The van der Waals surface area contributed by atoms with E-state index in [-0.39, 0.29) is 17.6 Å². The van der Waals surface area contributed by atoms with Gasteiger partial charge in [0.1, 0.15) is 23.9 Å². The average Bonchev–Trinajstić information content (AvgIpc) is 2.85. The Morgan fingerprint density at radius 3 is 2.44 bits per heavy atom. The second kappa shape index (κ2) is 9.66. The molecule has 0 spiro atoms. The molecule has 1 fully saturated rings. The van der Waals surface area contributed by atoms with Gasteiger partial charge in [0.25, 0.3) is 0 Å². The monoisotopic (exact) mass is 429 g/mol. The zero-order valence-electron chi connectivity index (χ0n) is 18.5. The van der Waals surface area contributed by atoms with E-state index >= 15 is 0 Å². The van der Waals surface area contributed by atoms with E-state index in [0.717, 1.165) is 30.2 Å².